The summed E-state index contributed by atoms with van der Waals surface area (Å²) >= 11 is 0. The molecule has 0 amide bonds. The summed E-state index contributed by atoms with van der Waals surface area (Å²) in [5, 5.41) is 0. The van der Waals surface area contributed by atoms with Crippen molar-refractivity contribution in [3.63, 3.8) is 0 Å². The zero-order valence-electron chi connectivity index (χ0n) is 29.1. The van der Waals surface area contributed by atoms with E-state index in [0.717, 1.165) is 12.8 Å². The van der Waals surface area contributed by atoms with E-state index < -0.39 is 0 Å². The first-order chi connectivity index (χ1) is 19.8. The molecule has 0 radical (unpaired) electrons. The van der Waals surface area contributed by atoms with Gasteiger partial charge >= 0.3 is 5.97 Å². The maximum atomic E-state index is 12.9. The SMILES string of the molecule is CCCCCCCCCCCC(C)[NH+](CC(=O)OC/C=C(\C)CCC=C(C)C)C(C)CCCCCCCCCCC. The molecule has 1 N–H and O–H groups in total. The number of allylic oxidation sites excluding steroid dienone is 3. The summed E-state index contributed by atoms with van der Waals surface area (Å²) in [7, 11) is 0. The number of carbonyl (C=O) groups is 1. The lowest BCUT2D eigenvalue weighted by molar-refractivity contribution is -0.940. The Bertz CT molecular complexity index is 621. The number of quaternary nitrogens is 1. The summed E-state index contributed by atoms with van der Waals surface area (Å²) in [6, 6.07) is 1.00. The minimum Gasteiger partial charge on any atom is -0.457 e. The molecule has 41 heavy (non-hydrogen) atoms. The van der Waals surface area contributed by atoms with Gasteiger partial charge in [-0.15, -0.1) is 0 Å². The van der Waals surface area contributed by atoms with Crippen molar-refractivity contribution in [1.29, 1.82) is 0 Å². The Morgan fingerprint density at radius 1 is 0.634 bits per heavy atom. The lowest BCUT2D eigenvalue weighted by atomic mass is 10.0. The third-order valence-corrected chi connectivity index (χ3v) is 8.86. The van der Waals surface area contributed by atoms with E-state index in [1.165, 1.54) is 144 Å². The number of carbonyl (C=O) groups excluding carboxylic acids is 1. The molecule has 0 aromatic rings. The largest absolute Gasteiger partial charge is 0.457 e. The standard InChI is InChI=1S/C38H73NO2/c1-8-10-12-14-16-18-20-22-24-29-36(6)39(37(7)30-25-23-21-19-17-15-13-11-9-2)33-38(40)41-32-31-35(5)28-26-27-34(3)4/h27,31,36-37H,8-26,28-30,32-33H2,1-7H3/p+1/b35-31+. The van der Waals surface area contributed by atoms with Gasteiger partial charge in [0.05, 0.1) is 12.1 Å². The van der Waals surface area contributed by atoms with Crippen LogP contribution in [0.25, 0.3) is 0 Å². The highest BCUT2D eigenvalue weighted by atomic mass is 16.5. The molecule has 0 aromatic carbocycles. The molecule has 3 nitrogen and oxygen atoms in total. The van der Waals surface area contributed by atoms with Crippen LogP contribution >= 0.6 is 0 Å². The Morgan fingerprint density at radius 3 is 1.46 bits per heavy atom. The molecular formula is C38H74NO2+. The van der Waals surface area contributed by atoms with E-state index in [-0.39, 0.29) is 5.97 Å². The van der Waals surface area contributed by atoms with Gasteiger partial charge in [0.15, 0.2) is 6.54 Å². The van der Waals surface area contributed by atoms with Crippen LogP contribution in [0.15, 0.2) is 23.3 Å². The molecule has 0 fully saturated rings. The first-order valence-electron chi connectivity index (χ1n) is 18.1. The summed E-state index contributed by atoms with van der Waals surface area (Å²) < 4.78 is 5.72. The Morgan fingerprint density at radius 2 is 1.05 bits per heavy atom. The summed E-state index contributed by atoms with van der Waals surface area (Å²) in [5.74, 6) is -0.0359. The van der Waals surface area contributed by atoms with E-state index >= 15 is 0 Å². The number of hydrogen-bond acceptors (Lipinski definition) is 2. The van der Waals surface area contributed by atoms with Gasteiger partial charge in [0.1, 0.15) is 6.61 Å². The predicted molar refractivity (Wildman–Crippen MR) is 182 cm³/mol. The molecule has 0 heterocycles. The van der Waals surface area contributed by atoms with Crippen molar-refractivity contribution < 1.29 is 14.4 Å². The van der Waals surface area contributed by atoms with Crippen LogP contribution in [0.1, 0.15) is 190 Å². The van der Waals surface area contributed by atoms with Crippen LogP contribution < -0.4 is 4.90 Å². The third kappa shape index (κ3) is 26.3. The Labute approximate surface area is 258 Å². The van der Waals surface area contributed by atoms with E-state index in [2.05, 4.69) is 60.6 Å². The fourth-order valence-corrected chi connectivity index (χ4v) is 5.91. The molecule has 0 aromatic heterocycles. The summed E-state index contributed by atoms with van der Waals surface area (Å²) in [4.78, 5) is 14.4. The molecule has 0 saturated heterocycles. The lowest BCUT2D eigenvalue weighted by Gasteiger charge is -2.31. The summed E-state index contributed by atoms with van der Waals surface area (Å²) in [6.45, 7) is 16.6. The normalized spacial score (nSPS) is 14.1. The van der Waals surface area contributed by atoms with Crippen LogP contribution in [0.4, 0.5) is 0 Å². The second-order valence-corrected chi connectivity index (χ2v) is 13.3. The monoisotopic (exact) mass is 577 g/mol. The van der Waals surface area contributed by atoms with Gasteiger partial charge in [-0.1, -0.05) is 134 Å². The molecular weight excluding hydrogens is 502 g/mol. The molecule has 2 atom stereocenters. The van der Waals surface area contributed by atoms with E-state index in [1.54, 1.807) is 0 Å². The topological polar surface area (TPSA) is 30.7 Å². The predicted octanol–water partition coefficient (Wildman–Crippen LogP) is 10.7. The molecule has 0 bridgehead atoms. The van der Waals surface area contributed by atoms with Gasteiger partial charge in [-0.25, -0.2) is 4.79 Å². The van der Waals surface area contributed by atoms with Crippen molar-refractivity contribution in [3.8, 4) is 0 Å². The molecule has 0 saturated carbocycles. The fraction of sp³-hybridized carbons (Fsp3) is 0.868. The van der Waals surface area contributed by atoms with Gasteiger partial charge in [0.2, 0.25) is 0 Å². The number of ether oxygens (including phenoxy) is 1. The molecule has 242 valence electrons. The highest BCUT2D eigenvalue weighted by Gasteiger charge is 2.26. The first-order valence-corrected chi connectivity index (χ1v) is 18.1. The van der Waals surface area contributed by atoms with E-state index in [1.807, 2.05) is 0 Å². The maximum absolute atomic E-state index is 12.9. The van der Waals surface area contributed by atoms with Gasteiger partial charge in [-0.05, 0) is 79.2 Å². The quantitative estimate of drug-likeness (QED) is 0.0545. The third-order valence-electron chi connectivity index (χ3n) is 8.86. The molecule has 2 unspecified atom stereocenters. The van der Waals surface area contributed by atoms with Crippen LogP contribution in [0, 0.1) is 0 Å². The summed E-state index contributed by atoms with van der Waals surface area (Å²) in [5.41, 5.74) is 2.66. The highest BCUT2D eigenvalue weighted by Crippen LogP contribution is 2.13. The summed E-state index contributed by atoms with van der Waals surface area (Å²) in [6.07, 6.45) is 33.5. The average molecular weight is 577 g/mol. The van der Waals surface area contributed by atoms with Crippen molar-refractivity contribution in [3.05, 3.63) is 23.3 Å². The van der Waals surface area contributed by atoms with E-state index in [9.17, 15) is 4.79 Å². The van der Waals surface area contributed by atoms with Crippen molar-refractivity contribution >= 4 is 5.97 Å². The maximum Gasteiger partial charge on any atom is 0.362 e. The van der Waals surface area contributed by atoms with Crippen LogP contribution in [0.5, 0.6) is 0 Å². The minimum atomic E-state index is -0.0359. The second-order valence-electron chi connectivity index (χ2n) is 13.3. The first kappa shape index (κ1) is 39.9. The molecule has 0 rings (SSSR count). The second kappa shape index (κ2) is 29.0. The van der Waals surface area contributed by atoms with E-state index in [0.29, 0.717) is 25.2 Å². The zero-order valence-corrected chi connectivity index (χ0v) is 29.1. The number of hydrogen-bond donors (Lipinski definition) is 1. The molecule has 0 spiro atoms. The van der Waals surface area contributed by atoms with Crippen LogP contribution in [0.3, 0.4) is 0 Å². The lowest BCUT2D eigenvalue weighted by Crippen LogP contribution is -3.19. The highest BCUT2D eigenvalue weighted by molar-refractivity contribution is 5.70. The number of nitrogens with one attached hydrogen (secondary N) is 1. The van der Waals surface area contributed by atoms with Gasteiger partial charge in [0, 0.05) is 0 Å². The van der Waals surface area contributed by atoms with Crippen LogP contribution in [0.2, 0.25) is 0 Å². The molecule has 0 aliphatic heterocycles. The van der Waals surface area contributed by atoms with Crippen molar-refractivity contribution in [2.24, 2.45) is 0 Å². The average Bonchev–Trinajstić information content (AvgIpc) is 2.93. The van der Waals surface area contributed by atoms with Gasteiger partial charge in [-0.3, -0.25) is 0 Å². The number of esters is 1. The van der Waals surface area contributed by atoms with Crippen LogP contribution in [-0.2, 0) is 9.53 Å². The Kier molecular flexibility index (Phi) is 28.2. The molecule has 0 aliphatic rings. The van der Waals surface area contributed by atoms with Crippen LogP contribution in [-0.4, -0.2) is 31.2 Å². The number of rotatable bonds is 29. The molecule has 0 aliphatic carbocycles. The molecule has 3 heteroatoms. The van der Waals surface area contributed by atoms with Gasteiger partial charge in [0.25, 0.3) is 0 Å². The van der Waals surface area contributed by atoms with E-state index in [4.69, 9.17) is 4.74 Å². The Hall–Kier alpha value is -1.09. The fourth-order valence-electron chi connectivity index (χ4n) is 5.91. The van der Waals surface area contributed by atoms with Crippen molar-refractivity contribution in [2.75, 3.05) is 13.2 Å². The number of unbranched alkanes of at least 4 members (excludes halogenated alkanes) is 16. The minimum absolute atomic E-state index is 0.0359. The van der Waals surface area contributed by atoms with Gasteiger partial charge in [-0.2, -0.15) is 0 Å². The van der Waals surface area contributed by atoms with Crippen molar-refractivity contribution in [2.45, 2.75) is 202 Å². The Balaban J connectivity index is 4.62. The smallest absolute Gasteiger partial charge is 0.362 e. The van der Waals surface area contributed by atoms with Gasteiger partial charge < -0.3 is 9.64 Å². The zero-order chi connectivity index (χ0) is 30.6. The van der Waals surface area contributed by atoms with Crippen molar-refractivity contribution in [1.82, 2.24) is 0 Å².